The summed E-state index contributed by atoms with van der Waals surface area (Å²) in [5.41, 5.74) is 3.17. The van der Waals surface area contributed by atoms with Crippen LogP contribution in [0, 0.1) is 0 Å². The third kappa shape index (κ3) is 3.40. The first-order chi connectivity index (χ1) is 13.0. The number of esters is 1. The van der Waals surface area contributed by atoms with Crippen molar-refractivity contribution in [2.75, 3.05) is 6.54 Å². The molecule has 27 heavy (non-hydrogen) atoms. The summed E-state index contributed by atoms with van der Waals surface area (Å²) < 4.78 is 7.26. The van der Waals surface area contributed by atoms with E-state index in [2.05, 4.69) is 10.3 Å². The molecule has 1 atom stereocenters. The molecule has 0 fully saturated rings. The van der Waals surface area contributed by atoms with Crippen LogP contribution in [-0.4, -0.2) is 34.1 Å². The lowest BCUT2D eigenvalue weighted by atomic mass is 9.98. The summed E-state index contributed by atoms with van der Waals surface area (Å²) in [4.78, 5) is 29.0. The molecule has 1 aliphatic heterocycles. The SMILES string of the molecule is Cn1c(CCNC(=O)C2Cc3ccccc3C(=O)O2)nc2cc(Cl)ccc21. The number of aryl methyl sites for hydroxylation is 1. The summed E-state index contributed by atoms with van der Waals surface area (Å²) in [6.07, 6.45) is 0.149. The van der Waals surface area contributed by atoms with Gasteiger partial charge in [-0.3, -0.25) is 4.79 Å². The predicted molar refractivity (Wildman–Crippen MR) is 102 cm³/mol. The molecule has 1 aromatic heterocycles. The molecular weight excluding hydrogens is 366 g/mol. The Labute approximate surface area is 161 Å². The minimum absolute atomic E-state index is 0.292. The average molecular weight is 384 g/mol. The number of fused-ring (bicyclic) bond motifs is 2. The second-order valence-electron chi connectivity index (χ2n) is 6.52. The Morgan fingerprint density at radius 2 is 2.15 bits per heavy atom. The molecule has 0 aliphatic carbocycles. The molecule has 0 bridgehead atoms. The van der Waals surface area contributed by atoms with Gasteiger partial charge in [-0.15, -0.1) is 0 Å². The van der Waals surface area contributed by atoms with E-state index in [4.69, 9.17) is 16.3 Å². The maximum atomic E-state index is 12.4. The van der Waals surface area contributed by atoms with E-state index in [0.717, 1.165) is 22.4 Å². The van der Waals surface area contributed by atoms with Crippen molar-refractivity contribution in [3.05, 3.63) is 64.4 Å². The molecule has 2 heterocycles. The third-order valence-corrected chi connectivity index (χ3v) is 5.00. The van der Waals surface area contributed by atoms with Gasteiger partial charge in [-0.25, -0.2) is 9.78 Å². The van der Waals surface area contributed by atoms with E-state index in [-0.39, 0.29) is 5.91 Å². The Morgan fingerprint density at radius 1 is 1.33 bits per heavy atom. The normalized spacial score (nSPS) is 16.1. The van der Waals surface area contributed by atoms with Gasteiger partial charge in [0.1, 0.15) is 5.82 Å². The summed E-state index contributed by atoms with van der Waals surface area (Å²) in [6, 6.07) is 12.8. The lowest BCUT2D eigenvalue weighted by Crippen LogP contribution is -2.42. The number of imidazole rings is 1. The number of nitrogens with one attached hydrogen (secondary N) is 1. The Morgan fingerprint density at radius 3 is 3.00 bits per heavy atom. The van der Waals surface area contributed by atoms with Crippen molar-refractivity contribution in [2.24, 2.45) is 7.05 Å². The van der Waals surface area contributed by atoms with Gasteiger partial charge in [0, 0.05) is 31.5 Å². The Bertz CT molecular complexity index is 1040. The minimum Gasteiger partial charge on any atom is -0.448 e. The van der Waals surface area contributed by atoms with E-state index in [1.807, 2.05) is 41.9 Å². The first-order valence-electron chi connectivity index (χ1n) is 8.70. The van der Waals surface area contributed by atoms with Gasteiger partial charge >= 0.3 is 5.97 Å². The minimum atomic E-state index is -0.799. The number of benzene rings is 2. The zero-order valence-corrected chi connectivity index (χ0v) is 15.5. The number of ether oxygens (including phenoxy) is 1. The van der Waals surface area contributed by atoms with E-state index >= 15 is 0 Å². The number of aromatic nitrogens is 2. The molecular formula is C20H18ClN3O3. The van der Waals surface area contributed by atoms with E-state index < -0.39 is 12.1 Å². The second kappa shape index (κ2) is 7.04. The van der Waals surface area contributed by atoms with Gasteiger partial charge in [-0.2, -0.15) is 0 Å². The summed E-state index contributed by atoms with van der Waals surface area (Å²) >= 11 is 6.01. The zero-order valence-electron chi connectivity index (χ0n) is 14.7. The summed E-state index contributed by atoms with van der Waals surface area (Å²) in [6.45, 7) is 0.402. The summed E-state index contributed by atoms with van der Waals surface area (Å²) in [5.74, 6) is 0.0995. The quantitative estimate of drug-likeness (QED) is 0.703. The van der Waals surface area contributed by atoms with E-state index in [1.54, 1.807) is 12.1 Å². The van der Waals surface area contributed by atoms with Crippen molar-refractivity contribution in [1.29, 1.82) is 0 Å². The first-order valence-corrected chi connectivity index (χ1v) is 9.08. The molecule has 1 aliphatic rings. The number of cyclic esters (lactones) is 1. The first kappa shape index (κ1) is 17.5. The maximum Gasteiger partial charge on any atom is 0.339 e. The van der Waals surface area contributed by atoms with Crippen LogP contribution in [0.2, 0.25) is 5.02 Å². The number of amides is 1. The highest BCUT2D eigenvalue weighted by molar-refractivity contribution is 6.31. The summed E-state index contributed by atoms with van der Waals surface area (Å²) in [7, 11) is 1.93. The molecule has 4 rings (SSSR count). The van der Waals surface area contributed by atoms with Crippen molar-refractivity contribution in [3.8, 4) is 0 Å². The smallest absolute Gasteiger partial charge is 0.339 e. The number of carbonyl (C=O) groups excluding carboxylic acids is 2. The van der Waals surface area contributed by atoms with Gasteiger partial charge in [-0.05, 0) is 29.8 Å². The van der Waals surface area contributed by atoms with Crippen LogP contribution in [-0.2, 0) is 29.4 Å². The monoisotopic (exact) mass is 383 g/mol. The number of carbonyl (C=O) groups is 2. The topological polar surface area (TPSA) is 73.2 Å². The lowest BCUT2D eigenvalue weighted by Gasteiger charge is -2.23. The van der Waals surface area contributed by atoms with Crippen LogP contribution in [0.3, 0.4) is 0 Å². The van der Waals surface area contributed by atoms with E-state index in [9.17, 15) is 9.59 Å². The van der Waals surface area contributed by atoms with E-state index in [1.165, 1.54) is 0 Å². The zero-order chi connectivity index (χ0) is 19.0. The highest BCUT2D eigenvalue weighted by Gasteiger charge is 2.30. The molecule has 7 heteroatoms. The van der Waals surface area contributed by atoms with Gasteiger partial charge < -0.3 is 14.6 Å². The summed E-state index contributed by atoms with van der Waals surface area (Å²) in [5, 5.41) is 3.48. The number of halogens is 1. The fourth-order valence-corrected chi connectivity index (χ4v) is 3.50. The average Bonchev–Trinajstić information content (AvgIpc) is 2.96. The number of hydrogen-bond donors (Lipinski definition) is 1. The molecule has 1 unspecified atom stereocenters. The molecule has 1 amide bonds. The van der Waals surface area contributed by atoms with Crippen molar-refractivity contribution in [3.63, 3.8) is 0 Å². The lowest BCUT2D eigenvalue weighted by molar-refractivity contribution is -0.130. The molecule has 1 N–H and O–H groups in total. The van der Waals surface area contributed by atoms with Crippen molar-refractivity contribution < 1.29 is 14.3 Å². The van der Waals surface area contributed by atoms with Crippen LogP contribution in [0.25, 0.3) is 11.0 Å². The Balaban J connectivity index is 1.39. The predicted octanol–water partition coefficient (Wildman–Crippen LogP) is 2.67. The van der Waals surface area contributed by atoms with Crippen molar-refractivity contribution in [1.82, 2.24) is 14.9 Å². The van der Waals surface area contributed by atoms with Crippen LogP contribution in [0.1, 0.15) is 21.7 Å². The third-order valence-electron chi connectivity index (χ3n) is 4.77. The molecule has 6 nitrogen and oxygen atoms in total. The van der Waals surface area contributed by atoms with Crippen LogP contribution in [0.15, 0.2) is 42.5 Å². The largest absolute Gasteiger partial charge is 0.448 e. The second-order valence-corrected chi connectivity index (χ2v) is 6.95. The number of hydrogen-bond acceptors (Lipinski definition) is 4. The molecule has 0 saturated heterocycles. The molecule has 0 spiro atoms. The fourth-order valence-electron chi connectivity index (χ4n) is 3.34. The van der Waals surface area contributed by atoms with Gasteiger partial charge in [0.25, 0.3) is 5.91 Å². The van der Waals surface area contributed by atoms with Crippen LogP contribution < -0.4 is 5.32 Å². The van der Waals surface area contributed by atoms with Gasteiger partial charge in [0.15, 0.2) is 6.10 Å². The van der Waals surface area contributed by atoms with Gasteiger partial charge in [-0.1, -0.05) is 29.8 Å². The van der Waals surface area contributed by atoms with Crippen molar-refractivity contribution >= 4 is 34.5 Å². The maximum absolute atomic E-state index is 12.4. The highest BCUT2D eigenvalue weighted by Crippen LogP contribution is 2.21. The van der Waals surface area contributed by atoms with Crippen molar-refractivity contribution in [2.45, 2.75) is 18.9 Å². The molecule has 0 radical (unpaired) electrons. The van der Waals surface area contributed by atoms with Crippen LogP contribution in [0.5, 0.6) is 0 Å². The highest BCUT2D eigenvalue weighted by atomic mass is 35.5. The molecule has 0 saturated carbocycles. The number of nitrogens with zero attached hydrogens (tertiary/aromatic N) is 2. The van der Waals surface area contributed by atoms with E-state index in [0.29, 0.717) is 30.0 Å². The van der Waals surface area contributed by atoms with Gasteiger partial charge in [0.05, 0.1) is 16.6 Å². The Hall–Kier alpha value is -2.86. The fraction of sp³-hybridized carbons (Fsp3) is 0.250. The van der Waals surface area contributed by atoms with Crippen LogP contribution >= 0.6 is 11.6 Å². The van der Waals surface area contributed by atoms with Gasteiger partial charge in [0.2, 0.25) is 0 Å². The molecule has 2 aromatic carbocycles. The molecule has 3 aromatic rings. The van der Waals surface area contributed by atoms with Crippen LogP contribution in [0.4, 0.5) is 0 Å². The number of rotatable bonds is 4. The standard InChI is InChI=1S/C20H18ClN3O3/c1-24-16-7-6-13(21)11-15(16)23-18(24)8-9-22-19(25)17-10-12-4-2-3-5-14(12)20(26)27-17/h2-7,11,17H,8-10H2,1H3,(H,22,25). The molecule has 138 valence electrons. The Kier molecular flexibility index (Phi) is 4.58.